The highest BCUT2D eigenvalue weighted by atomic mass is 19.4. The van der Waals surface area contributed by atoms with Gasteiger partial charge in [0.2, 0.25) is 0 Å². The molecule has 1 N–H and O–H groups in total. The average molecular weight is 475 g/mol. The van der Waals surface area contributed by atoms with E-state index in [-0.39, 0.29) is 25.2 Å². The molecular formula is C24H27F6NO2. The molecule has 33 heavy (non-hydrogen) atoms. The third-order valence-electron chi connectivity index (χ3n) is 5.63. The number of hydrogen-bond acceptors (Lipinski definition) is 2. The number of nitrogens with zero attached hydrogens (tertiary/aromatic N) is 1. The van der Waals surface area contributed by atoms with E-state index in [0.717, 1.165) is 12.1 Å². The van der Waals surface area contributed by atoms with Crippen molar-refractivity contribution in [1.82, 2.24) is 4.90 Å². The van der Waals surface area contributed by atoms with Gasteiger partial charge in [0.05, 0.1) is 11.6 Å². The molecule has 0 radical (unpaired) electrons. The van der Waals surface area contributed by atoms with Crippen LogP contribution in [-0.4, -0.2) is 34.7 Å². The molecule has 1 aromatic carbocycles. The van der Waals surface area contributed by atoms with Crippen LogP contribution in [0.2, 0.25) is 0 Å². The van der Waals surface area contributed by atoms with Crippen LogP contribution in [0.25, 0.3) is 0 Å². The second-order valence-electron chi connectivity index (χ2n) is 8.43. The van der Waals surface area contributed by atoms with Crippen molar-refractivity contribution in [3.8, 4) is 11.8 Å². The normalized spacial score (nSPS) is 20.6. The summed E-state index contributed by atoms with van der Waals surface area (Å²) in [4.78, 5) is 13.1. The van der Waals surface area contributed by atoms with Crippen LogP contribution in [0.5, 0.6) is 0 Å². The van der Waals surface area contributed by atoms with E-state index in [4.69, 9.17) is 0 Å². The number of piperidine rings is 1. The maximum absolute atomic E-state index is 13.0. The first-order chi connectivity index (χ1) is 15.3. The second-order valence-corrected chi connectivity index (χ2v) is 8.43. The number of aliphatic carboxylic acids is 1. The van der Waals surface area contributed by atoms with E-state index in [1.165, 1.54) is 12.1 Å². The summed E-state index contributed by atoms with van der Waals surface area (Å²) in [5.74, 6) is 4.64. The smallest absolute Gasteiger partial charge is 0.416 e. The van der Waals surface area contributed by atoms with Crippen molar-refractivity contribution < 1.29 is 36.2 Å². The molecule has 182 valence electrons. The Labute approximate surface area is 189 Å². The van der Waals surface area contributed by atoms with Crippen LogP contribution >= 0.6 is 0 Å². The third-order valence-corrected chi connectivity index (χ3v) is 5.63. The minimum Gasteiger partial charge on any atom is -0.481 e. The highest BCUT2D eigenvalue weighted by Crippen LogP contribution is 2.39. The summed E-state index contributed by atoms with van der Waals surface area (Å²) in [6.07, 6.45) is -8.98. The Bertz CT molecular complexity index is 879. The number of alkyl halides is 6. The van der Waals surface area contributed by atoms with Crippen molar-refractivity contribution in [2.75, 3.05) is 6.54 Å². The zero-order valence-corrected chi connectivity index (χ0v) is 18.3. The van der Waals surface area contributed by atoms with Gasteiger partial charge in [-0.2, -0.15) is 26.3 Å². The molecule has 0 amide bonds. The van der Waals surface area contributed by atoms with E-state index in [0.29, 0.717) is 30.5 Å². The Morgan fingerprint density at radius 2 is 1.85 bits per heavy atom. The van der Waals surface area contributed by atoms with Crippen LogP contribution < -0.4 is 0 Å². The predicted octanol–water partition coefficient (Wildman–Crippen LogP) is 6.61. The average Bonchev–Trinajstić information content (AvgIpc) is 2.69. The van der Waals surface area contributed by atoms with Gasteiger partial charge in [-0.15, -0.1) is 0 Å². The fraction of sp³-hybridized carbons (Fsp3) is 0.542. The number of benzene rings is 1. The summed E-state index contributed by atoms with van der Waals surface area (Å²) in [5, 5.41) is 9.18. The van der Waals surface area contributed by atoms with Crippen molar-refractivity contribution in [2.24, 2.45) is 5.92 Å². The molecule has 9 heteroatoms. The summed E-state index contributed by atoms with van der Waals surface area (Å²) in [5.41, 5.74) is 0.290. The molecule has 0 aromatic heterocycles. The molecule has 0 unspecified atom stereocenters. The van der Waals surface area contributed by atoms with E-state index in [1.807, 2.05) is 4.90 Å². The van der Waals surface area contributed by atoms with Gasteiger partial charge in [0.1, 0.15) is 0 Å². The number of halogens is 6. The first kappa shape index (κ1) is 26.8. The first-order valence-electron chi connectivity index (χ1n) is 10.6. The fourth-order valence-electron chi connectivity index (χ4n) is 4.11. The molecule has 1 heterocycles. The van der Waals surface area contributed by atoms with Gasteiger partial charge in [-0.25, -0.2) is 0 Å². The molecule has 1 fully saturated rings. The maximum atomic E-state index is 13.0. The van der Waals surface area contributed by atoms with E-state index in [1.54, 1.807) is 6.92 Å². The molecule has 2 rings (SSSR count). The molecule has 1 aliphatic rings. The molecule has 0 aliphatic carbocycles. The lowest BCUT2D eigenvalue weighted by atomic mass is 9.83. The standard InChI is InChI=1S/C24H27F6NO2/c1-16(2)5-10-20(4-3-12-23(25,26)27)31-13-11-17(15-22(32)33)14-21(31)18-6-8-19(9-7-18)24(28,29)30/h6-9,17,20-21H,1,3-4,11-15H2,2H3,(H,32,33)/t17-,20+,21+/m0/s1. The fourth-order valence-corrected chi connectivity index (χ4v) is 4.11. The Morgan fingerprint density at radius 3 is 2.36 bits per heavy atom. The molecule has 1 aromatic rings. The molecule has 0 saturated carbocycles. The third kappa shape index (κ3) is 8.77. The van der Waals surface area contributed by atoms with Gasteiger partial charge in [0, 0.05) is 25.4 Å². The maximum Gasteiger partial charge on any atom is 0.416 e. The number of carbonyl (C=O) groups is 1. The Balaban J connectivity index is 2.35. The SMILES string of the molecule is C=C(C)C#C[C@@H](CCCC(F)(F)F)N1CC[C@H](CC(=O)O)C[C@@H]1c1ccc(C(F)(F)F)cc1. The number of allylic oxidation sites excluding steroid dienone is 1. The van der Waals surface area contributed by atoms with Crippen LogP contribution in [0.15, 0.2) is 36.4 Å². The minimum absolute atomic E-state index is 0.0822. The van der Waals surface area contributed by atoms with E-state index in [9.17, 15) is 36.2 Å². The zero-order chi connectivity index (χ0) is 24.8. The number of carboxylic acid groups (broad SMARTS) is 1. The van der Waals surface area contributed by atoms with E-state index >= 15 is 0 Å². The summed E-state index contributed by atoms with van der Waals surface area (Å²) >= 11 is 0. The topological polar surface area (TPSA) is 40.5 Å². The number of carboxylic acids is 1. The Kier molecular flexibility index (Phi) is 9.01. The first-order valence-corrected chi connectivity index (χ1v) is 10.6. The highest BCUT2D eigenvalue weighted by molar-refractivity contribution is 5.67. The molecule has 0 spiro atoms. The lowest BCUT2D eigenvalue weighted by molar-refractivity contribution is -0.139. The lowest BCUT2D eigenvalue weighted by Crippen LogP contribution is -2.43. The van der Waals surface area contributed by atoms with E-state index in [2.05, 4.69) is 18.4 Å². The molecular weight excluding hydrogens is 448 g/mol. The van der Waals surface area contributed by atoms with Gasteiger partial charge in [0.25, 0.3) is 0 Å². The van der Waals surface area contributed by atoms with Gasteiger partial charge in [-0.05, 0) is 61.8 Å². The van der Waals surface area contributed by atoms with Crippen molar-refractivity contribution in [2.45, 2.75) is 69.9 Å². The van der Waals surface area contributed by atoms with Crippen molar-refractivity contribution in [1.29, 1.82) is 0 Å². The van der Waals surface area contributed by atoms with Gasteiger partial charge in [-0.3, -0.25) is 9.69 Å². The zero-order valence-electron chi connectivity index (χ0n) is 18.3. The molecule has 3 nitrogen and oxygen atoms in total. The van der Waals surface area contributed by atoms with Crippen molar-refractivity contribution in [3.63, 3.8) is 0 Å². The molecule has 1 saturated heterocycles. The van der Waals surface area contributed by atoms with Gasteiger partial charge < -0.3 is 5.11 Å². The Hall–Kier alpha value is -2.47. The van der Waals surface area contributed by atoms with Crippen molar-refractivity contribution >= 4 is 5.97 Å². The molecule has 1 aliphatic heterocycles. The van der Waals surface area contributed by atoms with Gasteiger partial charge in [-0.1, -0.05) is 30.6 Å². The van der Waals surface area contributed by atoms with Gasteiger partial charge >= 0.3 is 18.3 Å². The van der Waals surface area contributed by atoms with E-state index < -0.39 is 42.4 Å². The van der Waals surface area contributed by atoms with Crippen molar-refractivity contribution in [3.05, 3.63) is 47.5 Å². The number of rotatable bonds is 7. The minimum atomic E-state index is -4.50. The summed E-state index contributed by atoms with van der Waals surface area (Å²) in [6.45, 7) is 5.76. The summed E-state index contributed by atoms with van der Waals surface area (Å²) in [7, 11) is 0. The largest absolute Gasteiger partial charge is 0.481 e. The van der Waals surface area contributed by atoms with Crippen LogP contribution in [-0.2, 0) is 11.0 Å². The quantitative estimate of drug-likeness (QED) is 0.356. The summed E-state index contributed by atoms with van der Waals surface area (Å²) < 4.78 is 77.1. The summed E-state index contributed by atoms with van der Waals surface area (Å²) in [6, 6.07) is 3.60. The molecule has 3 atom stereocenters. The predicted molar refractivity (Wildman–Crippen MR) is 112 cm³/mol. The Morgan fingerprint density at radius 1 is 1.21 bits per heavy atom. The number of likely N-dealkylation sites (tertiary alicyclic amines) is 1. The second kappa shape index (κ2) is 11.1. The lowest BCUT2D eigenvalue weighted by Gasteiger charge is -2.42. The van der Waals surface area contributed by atoms with Crippen LogP contribution in [0.3, 0.4) is 0 Å². The van der Waals surface area contributed by atoms with Crippen LogP contribution in [0.4, 0.5) is 26.3 Å². The highest BCUT2D eigenvalue weighted by Gasteiger charge is 2.36. The van der Waals surface area contributed by atoms with Crippen LogP contribution in [0, 0.1) is 17.8 Å². The monoisotopic (exact) mass is 475 g/mol. The molecule has 0 bridgehead atoms. The van der Waals surface area contributed by atoms with Gasteiger partial charge in [0.15, 0.2) is 0 Å². The van der Waals surface area contributed by atoms with Crippen LogP contribution in [0.1, 0.15) is 62.6 Å². The number of hydrogen-bond donors (Lipinski definition) is 1.